The van der Waals surface area contributed by atoms with Gasteiger partial charge in [-0.05, 0) is 37.5 Å². The van der Waals surface area contributed by atoms with Crippen LogP contribution in [0.25, 0.3) is 0 Å². The summed E-state index contributed by atoms with van der Waals surface area (Å²) in [5, 5.41) is 0. The number of anilines is 2. The van der Waals surface area contributed by atoms with E-state index in [0.717, 1.165) is 36.7 Å². The Morgan fingerprint density at radius 2 is 2.11 bits per heavy atom. The normalized spacial score (nSPS) is 14.3. The molecule has 4 heteroatoms. The molecule has 3 rings (SSSR count). The summed E-state index contributed by atoms with van der Waals surface area (Å²) in [6.07, 6.45) is 2.26. The Balaban J connectivity index is 2.06. The molecule has 0 radical (unpaired) electrons. The fourth-order valence-corrected chi connectivity index (χ4v) is 2.68. The first-order valence-electron chi connectivity index (χ1n) is 6.54. The third-order valence-corrected chi connectivity index (χ3v) is 3.66. The molecule has 3 nitrogen and oxygen atoms in total. The zero-order chi connectivity index (χ0) is 13.2. The molecule has 1 aliphatic heterocycles. The van der Waals surface area contributed by atoms with Crippen LogP contribution in [-0.4, -0.2) is 16.5 Å². The van der Waals surface area contributed by atoms with Crippen molar-refractivity contribution in [3.63, 3.8) is 0 Å². The lowest BCUT2D eigenvalue weighted by atomic mass is 10.0. The van der Waals surface area contributed by atoms with Crippen LogP contribution in [0.3, 0.4) is 0 Å². The van der Waals surface area contributed by atoms with Crippen molar-refractivity contribution in [3.05, 3.63) is 47.3 Å². The second kappa shape index (κ2) is 5.17. The minimum Gasteiger partial charge on any atom is -0.310 e. The van der Waals surface area contributed by atoms with Crippen molar-refractivity contribution in [3.8, 4) is 0 Å². The van der Waals surface area contributed by atoms with Crippen molar-refractivity contribution < 1.29 is 0 Å². The van der Waals surface area contributed by atoms with Gasteiger partial charge in [0.05, 0.1) is 11.6 Å². The van der Waals surface area contributed by atoms with E-state index >= 15 is 0 Å². The fourth-order valence-electron chi connectivity index (χ4n) is 2.55. The van der Waals surface area contributed by atoms with Gasteiger partial charge in [0.25, 0.3) is 0 Å². The van der Waals surface area contributed by atoms with Crippen molar-refractivity contribution in [2.75, 3.05) is 11.4 Å². The molecule has 0 bridgehead atoms. The van der Waals surface area contributed by atoms with Crippen LogP contribution < -0.4 is 4.90 Å². The smallest absolute Gasteiger partial charge is 0.230 e. The maximum absolute atomic E-state index is 5.90. The van der Waals surface area contributed by atoms with Crippen molar-refractivity contribution in [2.24, 2.45) is 0 Å². The Hall–Kier alpha value is -1.61. The fraction of sp³-hybridized carbons (Fsp3) is 0.333. The molecule has 0 saturated carbocycles. The summed E-state index contributed by atoms with van der Waals surface area (Å²) in [6, 6.07) is 10.4. The van der Waals surface area contributed by atoms with Gasteiger partial charge >= 0.3 is 0 Å². The highest BCUT2D eigenvalue weighted by molar-refractivity contribution is 6.16. The zero-order valence-corrected chi connectivity index (χ0v) is 11.7. The van der Waals surface area contributed by atoms with E-state index in [1.54, 1.807) is 0 Å². The van der Waals surface area contributed by atoms with E-state index in [1.807, 2.05) is 13.0 Å². The molecule has 0 atom stereocenters. The predicted octanol–water partition coefficient (Wildman–Crippen LogP) is 3.61. The number of fused-ring (bicyclic) bond motifs is 1. The monoisotopic (exact) mass is 273 g/mol. The first kappa shape index (κ1) is 12.4. The summed E-state index contributed by atoms with van der Waals surface area (Å²) >= 11 is 5.90. The van der Waals surface area contributed by atoms with Gasteiger partial charge in [0.15, 0.2) is 0 Å². The highest BCUT2D eigenvalue weighted by Crippen LogP contribution is 2.31. The second-order valence-electron chi connectivity index (χ2n) is 4.82. The lowest BCUT2D eigenvalue weighted by molar-refractivity contribution is 0.746. The van der Waals surface area contributed by atoms with Gasteiger partial charge in [-0.1, -0.05) is 18.2 Å². The molecule has 0 saturated heterocycles. The molecule has 0 N–H and O–H groups in total. The van der Waals surface area contributed by atoms with Crippen LogP contribution in [0.2, 0.25) is 0 Å². The van der Waals surface area contributed by atoms with Crippen LogP contribution in [0.5, 0.6) is 0 Å². The van der Waals surface area contributed by atoms with Gasteiger partial charge in [-0.3, -0.25) is 0 Å². The number of aryl methyl sites for hydroxylation is 2. The van der Waals surface area contributed by atoms with Crippen LogP contribution in [-0.2, 0) is 12.3 Å². The van der Waals surface area contributed by atoms with Gasteiger partial charge in [-0.25, -0.2) is 9.97 Å². The van der Waals surface area contributed by atoms with Crippen molar-refractivity contribution in [1.29, 1.82) is 0 Å². The Kier molecular flexibility index (Phi) is 3.38. The maximum atomic E-state index is 5.90. The van der Waals surface area contributed by atoms with E-state index < -0.39 is 0 Å². The third kappa shape index (κ3) is 2.43. The molecular formula is C15H16ClN3. The average molecular weight is 274 g/mol. The van der Waals surface area contributed by atoms with E-state index in [2.05, 4.69) is 39.1 Å². The number of rotatable bonds is 2. The lowest BCUT2D eigenvalue weighted by Gasteiger charge is -2.29. The van der Waals surface area contributed by atoms with E-state index in [9.17, 15) is 0 Å². The van der Waals surface area contributed by atoms with Crippen LogP contribution in [0, 0.1) is 6.92 Å². The Morgan fingerprint density at radius 1 is 1.26 bits per heavy atom. The number of nitrogens with zero attached hydrogens (tertiary/aromatic N) is 3. The summed E-state index contributed by atoms with van der Waals surface area (Å²) in [6.45, 7) is 2.94. The Labute approximate surface area is 118 Å². The molecule has 1 aliphatic rings. The van der Waals surface area contributed by atoms with Crippen molar-refractivity contribution in [2.45, 2.75) is 25.6 Å². The number of halogens is 1. The maximum Gasteiger partial charge on any atom is 0.230 e. The molecule has 2 heterocycles. The molecule has 0 fully saturated rings. The van der Waals surface area contributed by atoms with Gasteiger partial charge in [0.2, 0.25) is 5.95 Å². The van der Waals surface area contributed by atoms with E-state index in [4.69, 9.17) is 11.6 Å². The lowest BCUT2D eigenvalue weighted by Crippen LogP contribution is -2.26. The minimum atomic E-state index is 0.422. The first-order chi connectivity index (χ1) is 9.28. The molecule has 1 aromatic carbocycles. The van der Waals surface area contributed by atoms with Gasteiger partial charge in [0.1, 0.15) is 0 Å². The SMILES string of the molecule is Cc1cc(CCl)nc(N2CCCc3ccccc32)n1. The largest absolute Gasteiger partial charge is 0.310 e. The molecule has 0 aliphatic carbocycles. The summed E-state index contributed by atoms with van der Waals surface area (Å²) in [5.41, 5.74) is 4.43. The van der Waals surface area contributed by atoms with Crippen LogP contribution in [0.1, 0.15) is 23.4 Å². The summed E-state index contributed by atoms with van der Waals surface area (Å²) in [7, 11) is 0. The van der Waals surface area contributed by atoms with Gasteiger partial charge < -0.3 is 4.90 Å². The number of hydrogen-bond donors (Lipinski definition) is 0. The van der Waals surface area contributed by atoms with E-state index in [1.165, 1.54) is 11.3 Å². The molecule has 1 aromatic heterocycles. The van der Waals surface area contributed by atoms with Crippen LogP contribution in [0.15, 0.2) is 30.3 Å². The number of aromatic nitrogens is 2. The van der Waals surface area contributed by atoms with Gasteiger partial charge in [-0.15, -0.1) is 11.6 Å². The number of hydrogen-bond acceptors (Lipinski definition) is 3. The molecule has 0 amide bonds. The predicted molar refractivity (Wildman–Crippen MR) is 78.1 cm³/mol. The number of alkyl halides is 1. The minimum absolute atomic E-state index is 0.422. The van der Waals surface area contributed by atoms with Crippen LogP contribution >= 0.6 is 11.6 Å². The Bertz CT molecular complexity index is 598. The molecule has 19 heavy (non-hydrogen) atoms. The highest BCUT2D eigenvalue weighted by atomic mass is 35.5. The molecule has 0 spiro atoms. The van der Waals surface area contributed by atoms with Gasteiger partial charge in [-0.2, -0.15) is 0 Å². The summed E-state index contributed by atoms with van der Waals surface area (Å²) < 4.78 is 0. The van der Waals surface area contributed by atoms with E-state index in [0.29, 0.717) is 5.88 Å². The van der Waals surface area contributed by atoms with Crippen molar-refractivity contribution >= 4 is 23.2 Å². The number of para-hydroxylation sites is 1. The molecule has 2 aromatic rings. The second-order valence-corrected chi connectivity index (χ2v) is 5.09. The summed E-state index contributed by atoms with van der Waals surface area (Å²) in [4.78, 5) is 11.3. The average Bonchev–Trinajstić information content (AvgIpc) is 2.46. The van der Waals surface area contributed by atoms with E-state index in [-0.39, 0.29) is 0 Å². The molecule has 98 valence electrons. The molecular weight excluding hydrogens is 258 g/mol. The number of benzene rings is 1. The third-order valence-electron chi connectivity index (χ3n) is 3.38. The van der Waals surface area contributed by atoms with Crippen molar-refractivity contribution in [1.82, 2.24) is 9.97 Å². The quantitative estimate of drug-likeness (QED) is 0.783. The van der Waals surface area contributed by atoms with Crippen LogP contribution in [0.4, 0.5) is 11.6 Å². The standard InChI is InChI=1S/C15H16ClN3/c1-11-9-13(10-16)18-15(17-11)19-8-4-6-12-5-2-3-7-14(12)19/h2-3,5,7,9H,4,6,8,10H2,1H3. The first-order valence-corrected chi connectivity index (χ1v) is 7.07. The molecule has 0 unspecified atom stereocenters. The summed E-state index contributed by atoms with van der Waals surface area (Å²) in [5.74, 6) is 1.19. The topological polar surface area (TPSA) is 29.0 Å². The Morgan fingerprint density at radius 3 is 2.95 bits per heavy atom. The highest BCUT2D eigenvalue weighted by Gasteiger charge is 2.20. The zero-order valence-electron chi connectivity index (χ0n) is 10.9. The van der Waals surface area contributed by atoms with Gasteiger partial charge in [0, 0.05) is 17.9 Å².